The van der Waals surface area contributed by atoms with E-state index in [1.54, 1.807) is 41.5 Å². The average Bonchev–Trinajstić information content (AvgIpc) is 3.32. The summed E-state index contributed by atoms with van der Waals surface area (Å²) in [6.45, 7) is 10.1. The van der Waals surface area contributed by atoms with Crippen LogP contribution in [0.15, 0.2) is 121 Å². The molecular weight excluding hydrogens is 901 g/mol. The van der Waals surface area contributed by atoms with Gasteiger partial charge in [0.25, 0.3) is 0 Å². The van der Waals surface area contributed by atoms with Crippen molar-refractivity contribution in [2.75, 3.05) is 39.5 Å². The Morgan fingerprint density at radius 1 is 0.386 bits per heavy atom. The Labute approximate surface area is 411 Å². The number of hydrogen-bond donors (Lipinski definition) is 0. The molecule has 4 aromatic carbocycles. The topological polar surface area (TPSA) is 183 Å². The molecule has 4 rings (SSSR count). The minimum Gasteiger partial charge on any atom is -0.461 e. The lowest BCUT2D eigenvalue weighted by molar-refractivity contribution is -0.151. The number of amides is 2. The van der Waals surface area contributed by atoms with Crippen LogP contribution in [0.4, 0.5) is 9.59 Å². The van der Waals surface area contributed by atoms with E-state index in [1.807, 2.05) is 121 Å². The molecule has 0 unspecified atom stereocenters. The summed E-state index contributed by atoms with van der Waals surface area (Å²) in [6, 6.07) is 34.4. The Kier molecular flexibility index (Phi) is 23.4. The standard InChI is InChI=1S/C54H68N2O14/c1-53(2,3)69-51(61)55(45(33-47(57)65-37-41-19-11-7-12-20-41)34-48(58)66-38-42-21-13-8-14-22-42)27-29-63-31-32-64-30-28-56(52(62)70-54(4,5)6)46(35-49(59)67-39-43-23-15-9-16-24-43)36-50(60)68-40-44-25-17-10-18-26-44/h7-26,45-46H,27-40H2,1-6H3. The van der Waals surface area contributed by atoms with Gasteiger partial charge in [-0.1, -0.05) is 121 Å². The van der Waals surface area contributed by atoms with E-state index in [1.165, 1.54) is 9.80 Å². The lowest BCUT2D eigenvalue weighted by Gasteiger charge is -2.33. The highest BCUT2D eigenvalue weighted by atomic mass is 16.6. The maximum absolute atomic E-state index is 13.7. The van der Waals surface area contributed by atoms with E-state index in [-0.39, 0.29) is 91.6 Å². The third-order valence-electron chi connectivity index (χ3n) is 10.0. The summed E-state index contributed by atoms with van der Waals surface area (Å²) in [5, 5.41) is 0. The summed E-state index contributed by atoms with van der Waals surface area (Å²) in [5.41, 5.74) is 1.26. The van der Waals surface area contributed by atoms with E-state index in [4.69, 9.17) is 37.9 Å². The third kappa shape index (κ3) is 23.0. The van der Waals surface area contributed by atoms with Crippen LogP contribution in [0.3, 0.4) is 0 Å². The van der Waals surface area contributed by atoms with Crippen molar-refractivity contribution >= 4 is 36.1 Å². The number of rotatable bonds is 27. The van der Waals surface area contributed by atoms with Crippen LogP contribution in [-0.4, -0.2) is 109 Å². The zero-order valence-electron chi connectivity index (χ0n) is 41.2. The van der Waals surface area contributed by atoms with E-state index in [9.17, 15) is 28.8 Å². The van der Waals surface area contributed by atoms with Crippen molar-refractivity contribution in [1.82, 2.24) is 9.80 Å². The van der Waals surface area contributed by atoms with Crippen LogP contribution in [0, 0.1) is 0 Å². The van der Waals surface area contributed by atoms with Crippen LogP contribution < -0.4 is 0 Å². The summed E-state index contributed by atoms with van der Waals surface area (Å²) in [4.78, 5) is 83.1. The molecule has 0 heterocycles. The average molecular weight is 969 g/mol. The molecule has 0 aliphatic heterocycles. The second-order valence-electron chi connectivity index (χ2n) is 18.3. The molecule has 0 bridgehead atoms. The predicted octanol–water partition coefficient (Wildman–Crippen LogP) is 8.77. The van der Waals surface area contributed by atoms with Crippen molar-refractivity contribution in [3.8, 4) is 0 Å². The molecule has 0 spiro atoms. The fourth-order valence-corrected chi connectivity index (χ4v) is 6.68. The highest BCUT2D eigenvalue weighted by molar-refractivity contribution is 5.78. The van der Waals surface area contributed by atoms with Gasteiger partial charge in [0.1, 0.15) is 37.6 Å². The van der Waals surface area contributed by atoms with Gasteiger partial charge in [-0.25, -0.2) is 9.59 Å². The van der Waals surface area contributed by atoms with Crippen molar-refractivity contribution in [1.29, 1.82) is 0 Å². The first-order valence-corrected chi connectivity index (χ1v) is 23.4. The van der Waals surface area contributed by atoms with Gasteiger partial charge in [-0.3, -0.25) is 19.2 Å². The van der Waals surface area contributed by atoms with E-state index in [0.29, 0.717) is 0 Å². The number of esters is 4. The SMILES string of the molecule is CC(C)(C)OC(=O)N(CCOCCOCCN(C(=O)OC(C)(C)C)C(CC(=O)OCc1ccccc1)CC(=O)OCc1ccccc1)C(CC(=O)OCc1ccccc1)CC(=O)OCc1ccccc1. The fraction of sp³-hybridized carbons (Fsp3) is 0.444. The molecule has 0 saturated carbocycles. The minimum absolute atomic E-state index is 0.000816. The van der Waals surface area contributed by atoms with Crippen LogP contribution in [0.1, 0.15) is 89.5 Å². The van der Waals surface area contributed by atoms with Gasteiger partial charge >= 0.3 is 36.1 Å². The Hall–Kier alpha value is -6.78. The van der Waals surface area contributed by atoms with Crippen molar-refractivity contribution in [3.05, 3.63) is 144 Å². The Bertz CT molecular complexity index is 1920. The quantitative estimate of drug-likeness (QED) is 0.0314. The van der Waals surface area contributed by atoms with Crippen LogP contribution in [0.2, 0.25) is 0 Å². The van der Waals surface area contributed by atoms with Gasteiger partial charge in [0.15, 0.2) is 0 Å². The van der Waals surface area contributed by atoms with Crippen molar-refractivity contribution in [3.63, 3.8) is 0 Å². The first kappa shape index (κ1) is 55.8. The van der Waals surface area contributed by atoms with E-state index in [0.717, 1.165) is 22.3 Å². The molecule has 0 N–H and O–H groups in total. The normalized spacial score (nSPS) is 11.4. The van der Waals surface area contributed by atoms with Crippen molar-refractivity contribution < 1.29 is 66.7 Å². The molecule has 378 valence electrons. The van der Waals surface area contributed by atoms with Gasteiger partial charge in [0.05, 0.1) is 64.2 Å². The Balaban J connectivity index is 1.40. The van der Waals surface area contributed by atoms with Crippen molar-refractivity contribution in [2.24, 2.45) is 0 Å². The summed E-state index contributed by atoms with van der Waals surface area (Å²) in [7, 11) is 0. The Morgan fingerprint density at radius 3 is 0.857 bits per heavy atom. The maximum atomic E-state index is 13.7. The van der Waals surface area contributed by atoms with E-state index < -0.39 is 59.3 Å². The van der Waals surface area contributed by atoms with Gasteiger partial charge in [-0.05, 0) is 63.8 Å². The highest BCUT2D eigenvalue weighted by Crippen LogP contribution is 2.21. The lowest BCUT2D eigenvalue weighted by Crippen LogP contribution is -2.47. The molecule has 0 atom stereocenters. The lowest BCUT2D eigenvalue weighted by atomic mass is 10.1. The number of carbonyl (C=O) groups excluding carboxylic acids is 6. The second-order valence-corrected chi connectivity index (χ2v) is 18.3. The first-order valence-electron chi connectivity index (χ1n) is 23.4. The summed E-state index contributed by atoms with van der Waals surface area (Å²) in [5.74, 6) is -2.54. The predicted molar refractivity (Wildman–Crippen MR) is 259 cm³/mol. The van der Waals surface area contributed by atoms with Gasteiger partial charge in [0.2, 0.25) is 0 Å². The number of carbonyl (C=O) groups is 6. The van der Waals surface area contributed by atoms with Crippen LogP contribution in [-0.2, 0) is 83.5 Å². The largest absolute Gasteiger partial charge is 0.461 e. The number of hydrogen-bond acceptors (Lipinski definition) is 14. The zero-order valence-corrected chi connectivity index (χ0v) is 41.2. The molecule has 0 radical (unpaired) electrons. The van der Waals surface area contributed by atoms with Gasteiger partial charge in [-0.2, -0.15) is 0 Å². The maximum Gasteiger partial charge on any atom is 0.410 e. The number of benzene rings is 4. The molecule has 2 amide bonds. The third-order valence-corrected chi connectivity index (χ3v) is 10.0. The van der Waals surface area contributed by atoms with E-state index in [2.05, 4.69) is 0 Å². The smallest absolute Gasteiger partial charge is 0.410 e. The van der Waals surface area contributed by atoms with Gasteiger partial charge in [-0.15, -0.1) is 0 Å². The molecule has 16 nitrogen and oxygen atoms in total. The molecule has 70 heavy (non-hydrogen) atoms. The van der Waals surface area contributed by atoms with Crippen LogP contribution >= 0.6 is 0 Å². The van der Waals surface area contributed by atoms with E-state index >= 15 is 0 Å². The highest BCUT2D eigenvalue weighted by Gasteiger charge is 2.34. The molecule has 0 saturated heterocycles. The minimum atomic E-state index is -1.01. The van der Waals surface area contributed by atoms with Crippen LogP contribution in [0.5, 0.6) is 0 Å². The summed E-state index contributed by atoms with van der Waals surface area (Å²) >= 11 is 0. The fourth-order valence-electron chi connectivity index (χ4n) is 6.68. The zero-order chi connectivity index (χ0) is 50.8. The summed E-state index contributed by atoms with van der Waals surface area (Å²) < 4.78 is 45.4. The molecule has 0 aliphatic rings. The summed E-state index contributed by atoms with van der Waals surface area (Å²) in [6.07, 6.45) is -2.87. The molecule has 0 fully saturated rings. The molecule has 4 aromatic rings. The second kappa shape index (κ2) is 29.3. The molecule has 0 aromatic heterocycles. The first-order chi connectivity index (χ1) is 33.4. The molecular formula is C54H68N2O14. The molecule has 0 aliphatic carbocycles. The Morgan fingerprint density at radius 2 is 0.629 bits per heavy atom. The van der Waals surface area contributed by atoms with Gasteiger partial charge in [0, 0.05) is 13.1 Å². The number of nitrogens with zero attached hydrogens (tertiary/aromatic N) is 2. The number of ether oxygens (including phenoxy) is 8. The van der Waals surface area contributed by atoms with Crippen molar-refractivity contribution in [2.45, 2.75) is 117 Å². The molecule has 16 heteroatoms. The van der Waals surface area contributed by atoms with Crippen LogP contribution in [0.25, 0.3) is 0 Å². The monoisotopic (exact) mass is 968 g/mol. The van der Waals surface area contributed by atoms with Gasteiger partial charge < -0.3 is 47.7 Å².